The minimum atomic E-state index is -0.339. The quantitative estimate of drug-likeness (QED) is 0.274. The second-order valence-corrected chi connectivity index (χ2v) is 10.7. The van der Waals surface area contributed by atoms with E-state index in [9.17, 15) is 4.79 Å². The Morgan fingerprint density at radius 2 is 1.68 bits per heavy atom. The van der Waals surface area contributed by atoms with Gasteiger partial charge in [-0.15, -0.1) is 0 Å². The number of benzene rings is 2. The molecule has 3 aromatic rings. The molecule has 2 saturated carbocycles. The summed E-state index contributed by atoms with van der Waals surface area (Å²) in [5, 5.41) is 5.92. The normalized spacial score (nSPS) is 23.9. The summed E-state index contributed by atoms with van der Waals surface area (Å²) in [6.45, 7) is 0.813. The van der Waals surface area contributed by atoms with E-state index in [1.807, 2.05) is 12.3 Å². The Labute approximate surface area is 219 Å². The summed E-state index contributed by atoms with van der Waals surface area (Å²) in [7, 11) is 1.40. The zero-order chi connectivity index (χ0) is 25.2. The molecular formula is C32H36N2O3. The largest absolute Gasteiger partial charge is 0.466 e. The highest BCUT2D eigenvalue weighted by Gasteiger charge is 2.34. The van der Waals surface area contributed by atoms with Crippen molar-refractivity contribution in [2.45, 2.75) is 64.0 Å². The number of hydrogen-bond donors (Lipinski definition) is 0. The minimum Gasteiger partial charge on any atom is -0.466 e. The molecule has 2 bridgehead atoms. The Hall–Kier alpha value is -3.18. The van der Waals surface area contributed by atoms with Crippen molar-refractivity contribution in [2.24, 2.45) is 11.8 Å². The Morgan fingerprint density at radius 3 is 2.35 bits per heavy atom. The number of allylic oxidation sites excluding steroid dienone is 1. The number of fused-ring (bicyclic) bond motifs is 3. The van der Waals surface area contributed by atoms with Crippen molar-refractivity contribution in [3.8, 4) is 0 Å². The first-order valence-electron chi connectivity index (χ1n) is 13.9. The number of carbonyl (C=O) groups excluding carboxylic acids is 1. The average Bonchev–Trinajstić information content (AvgIpc) is 3.36. The van der Waals surface area contributed by atoms with Crippen molar-refractivity contribution >= 4 is 28.5 Å². The van der Waals surface area contributed by atoms with E-state index in [4.69, 9.17) is 14.6 Å². The van der Waals surface area contributed by atoms with Gasteiger partial charge in [-0.2, -0.15) is 5.10 Å². The summed E-state index contributed by atoms with van der Waals surface area (Å²) in [5.41, 5.74) is 7.74. The molecule has 3 aliphatic rings. The van der Waals surface area contributed by atoms with Crippen LogP contribution in [0.5, 0.6) is 0 Å². The number of esters is 1. The number of aromatic nitrogens is 2. The first kappa shape index (κ1) is 24.2. The molecule has 2 aromatic carbocycles. The van der Waals surface area contributed by atoms with Gasteiger partial charge in [-0.25, -0.2) is 9.48 Å². The molecule has 0 spiro atoms. The fourth-order valence-electron chi connectivity index (χ4n) is 6.72. The number of ether oxygens (including phenoxy) is 2. The molecule has 1 aliphatic heterocycles. The molecule has 6 rings (SSSR count). The van der Waals surface area contributed by atoms with Crippen LogP contribution in [0, 0.1) is 11.8 Å². The van der Waals surface area contributed by atoms with Crippen LogP contribution in [-0.4, -0.2) is 29.5 Å². The van der Waals surface area contributed by atoms with Crippen LogP contribution in [0.4, 0.5) is 0 Å². The lowest BCUT2D eigenvalue weighted by Crippen LogP contribution is -2.25. The highest BCUT2D eigenvalue weighted by atomic mass is 16.5. The monoisotopic (exact) mass is 496 g/mol. The minimum absolute atomic E-state index is 0.0400. The van der Waals surface area contributed by atoms with Crippen LogP contribution in [0.1, 0.15) is 80.7 Å². The number of hydrogen-bond acceptors (Lipinski definition) is 4. The fourth-order valence-corrected chi connectivity index (χ4v) is 6.72. The van der Waals surface area contributed by atoms with E-state index in [2.05, 4.69) is 47.1 Å². The Bertz CT molecular complexity index is 1300. The smallest absolute Gasteiger partial charge is 0.330 e. The molecule has 2 aliphatic carbocycles. The van der Waals surface area contributed by atoms with Crippen molar-refractivity contribution in [1.82, 2.24) is 9.78 Å². The zero-order valence-electron chi connectivity index (χ0n) is 21.7. The molecule has 1 unspecified atom stereocenters. The van der Waals surface area contributed by atoms with E-state index in [0.717, 1.165) is 30.5 Å². The zero-order valence-corrected chi connectivity index (χ0v) is 21.7. The van der Waals surface area contributed by atoms with Crippen molar-refractivity contribution in [1.29, 1.82) is 0 Å². The second-order valence-electron chi connectivity index (χ2n) is 10.7. The van der Waals surface area contributed by atoms with Gasteiger partial charge in [0.05, 0.1) is 18.8 Å². The van der Waals surface area contributed by atoms with E-state index >= 15 is 0 Å². The summed E-state index contributed by atoms with van der Waals surface area (Å²) < 4.78 is 12.8. The first-order chi connectivity index (χ1) is 18.2. The number of methoxy groups -OCH3 is 1. The van der Waals surface area contributed by atoms with E-state index in [-0.39, 0.29) is 12.2 Å². The van der Waals surface area contributed by atoms with Crippen LogP contribution in [0.2, 0.25) is 0 Å². The molecule has 3 fully saturated rings. The average molecular weight is 497 g/mol. The van der Waals surface area contributed by atoms with E-state index in [0.29, 0.717) is 11.8 Å². The predicted octanol–water partition coefficient (Wildman–Crippen LogP) is 7.32. The Morgan fingerprint density at radius 1 is 0.946 bits per heavy atom. The summed E-state index contributed by atoms with van der Waals surface area (Å²) in [5.74, 6) is 1.01. The van der Waals surface area contributed by atoms with Gasteiger partial charge in [0.1, 0.15) is 0 Å². The molecule has 0 radical (unpaired) electrons. The third kappa shape index (κ3) is 4.89. The van der Waals surface area contributed by atoms with Crippen LogP contribution >= 0.6 is 0 Å². The van der Waals surface area contributed by atoms with Gasteiger partial charge in [0, 0.05) is 18.1 Å². The summed E-state index contributed by atoms with van der Waals surface area (Å²) in [4.78, 5) is 11.5. The van der Waals surface area contributed by atoms with Crippen molar-refractivity contribution < 1.29 is 14.3 Å². The SMILES string of the molecule is COC(=O)/C=C/c1ccc(C(=C2C3CCCC2CCC3)c2ccc3c(cnn3C3CCCCO3)c2)cc1. The van der Waals surface area contributed by atoms with Crippen molar-refractivity contribution in [3.05, 3.63) is 77.0 Å². The van der Waals surface area contributed by atoms with Crippen molar-refractivity contribution in [2.75, 3.05) is 13.7 Å². The van der Waals surface area contributed by atoms with Crippen LogP contribution in [0.25, 0.3) is 22.6 Å². The van der Waals surface area contributed by atoms with Crippen molar-refractivity contribution in [3.63, 3.8) is 0 Å². The summed E-state index contributed by atoms with van der Waals surface area (Å²) in [6, 6.07) is 15.5. The van der Waals surface area contributed by atoms with Crippen LogP contribution in [-0.2, 0) is 14.3 Å². The molecule has 2 heterocycles. The molecule has 0 amide bonds. The maximum absolute atomic E-state index is 11.5. The van der Waals surface area contributed by atoms with Crippen LogP contribution in [0.15, 0.2) is 60.3 Å². The van der Waals surface area contributed by atoms with E-state index in [1.165, 1.54) is 80.2 Å². The third-order valence-electron chi connectivity index (χ3n) is 8.50. The van der Waals surface area contributed by atoms with Gasteiger partial charge in [-0.05, 0) is 97.3 Å². The highest BCUT2D eigenvalue weighted by Crippen LogP contribution is 2.49. The van der Waals surface area contributed by atoms with Gasteiger partial charge < -0.3 is 9.47 Å². The maximum Gasteiger partial charge on any atom is 0.330 e. The number of carbonyl (C=O) groups is 1. The predicted molar refractivity (Wildman–Crippen MR) is 147 cm³/mol. The van der Waals surface area contributed by atoms with E-state index < -0.39 is 0 Å². The van der Waals surface area contributed by atoms with Gasteiger partial charge in [0.2, 0.25) is 0 Å². The van der Waals surface area contributed by atoms with Crippen LogP contribution < -0.4 is 0 Å². The van der Waals surface area contributed by atoms with Gasteiger partial charge in [-0.1, -0.05) is 48.7 Å². The first-order valence-corrected chi connectivity index (χ1v) is 13.9. The second kappa shape index (κ2) is 10.7. The maximum atomic E-state index is 11.5. The highest BCUT2D eigenvalue weighted by molar-refractivity contribution is 5.90. The summed E-state index contributed by atoms with van der Waals surface area (Å²) >= 11 is 0. The fraction of sp³-hybridized carbons (Fsp3) is 0.438. The van der Waals surface area contributed by atoms with Gasteiger partial charge >= 0.3 is 5.97 Å². The van der Waals surface area contributed by atoms with Gasteiger partial charge in [-0.3, -0.25) is 0 Å². The standard InChI is InChI=1S/C32H36N2O3/c1-36-30(35)18-13-22-11-14-25(15-12-22)32(31-23-6-4-7-24(31)9-5-8-23)26-16-17-28-27(20-26)21-33-34(28)29-10-2-3-19-37-29/h11-18,20-21,23-24,29H,2-10,19H2,1H3/b18-13+,32-31?. The summed E-state index contributed by atoms with van der Waals surface area (Å²) in [6.07, 6.45) is 16.6. The lowest BCUT2D eigenvalue weighted by atomic mass is 9.65. The Balaban J connectivity index is 1.42. The number of rotatable bonds is 5. The molecule has 37 heavy (non-hydrogen) atoms. The van der Waals surface area contributed by atoms with E-state index in [1.54, 1.807) is 5.57 Å². The molecule has 1 aromatic heterocycles. The third-order valence-corrected chi connectivity index (χ3v) is 8.50. The lowest BCUT2D eigenvalue weighted by molar-refractivity contribution is -0.134. The molecule has 1 atom stereocenters. The molecule has 192 valence electrons. The topological polar surface area (TPSA) is 53.3 Å². The molecule has 5 nitrogen and oxygen atoms in total. The molecule has 1 saturated heterocycles. The van der Waals surface area contributed by atoms with Crippen LogP contribution in [0.3, 0.4) is 0 Å². The Kier molecular flexibility index (Phi) is 6.97. The van der Waals surface area contributed by atoms with Gasteiger partial charge in [0.25, 0.3) is 0 Å². The molecule has 5 heteroatoms. The lowest BCUT2D eigenvalue weighted by Gasteiger charge is -2.39. The molecular weight excluding hydrogens is 460 g/mol. The number of nitrogens with zero attached hydrogens (tertiary/aromatic N) is 2. The molecule has 0 N–H and O–H groups in total. The van der Waals surface area contributed by atoms with Gasteiger partial charge in [0.15, 0.2) is 6.23 Å².